The molecule has 1 aromatic carbocycles. The first kappa shape index (κ1) is 14.9. The predicted octanol–water partition coefficient (Wildman–Crippen LogP) is 3.97. The molecular weight excluding hydrogens is 300 g/mol. The Hall–Kier alpha value is -0.540. The lowest BCUT2D eigenvalue weighted by molar-refractivity contribution is 0.383. The molecule has 0 spiro atoms. The van der Waals surface area contributed by atoms with E-state index in [1.54, 1.807) is 0 Å². The van der Waals surface area contributed by atoms with Gasteiger partial charge in [-0.3, -0.25) is 0 Å². The number of aryl methyl sites for hydroxylation is 1. The first-order valence-corrected chi connectivity index (χ1v) is 7.90. The zero-order valence-electron chi connectivity index (χ0n) is 12.5. The third-order valence-electron chi connectivity index (χ3n) is 3.71. The summed E-state index contributed by atoms with van der Waals surface area (Å²) in [6.07, 6.45) is 1.29. The number of halogens is 1. The van der Waals surface area contributed by atoms with E-state index in [0.717, 1.165) is 12.5 Å². The van der Waals surface area contributed by atoms with Crippen molar-refractivity contribution in [3.8, 4) is 0 Å². The molecule has 3 heteroatoms. The number of hydrogen-bond acceptors (Lipinski definition) is 2. The summed E-state index contributed by atoms with van der Waals surface area (Å²) < 4.78 is 1.20. The van der Waals surface area contributed by atoms with Crippen molar-refractivity contribution in [3.63, 3.8) is 0 Å². The molecule has 1 heterocycles. The summed E-state index contributed by atoms with van der Waals surface area (Å²) in [6, 6.07) is 6.66. The zero-order valence-corrected chi connectivity index (χ0v) is 14.0. The Morgan fingerprint density at radius 2 is 2.11 bits per heavy atom. The minimum absolute atomic E-state index is 0.224. The van der Waals surface area contributed by atoms with Gasteiger partial charge >= 0.3 is 0 Å². The van der Waals surface area contributed by atoms with Gasteiger partial charge < -0.3 is 10.2 Å². The van der Waals surface area contributed by atoms with Crippen LogP contribution in [0.25, 0.3) is 0 Å². The number of nitrogens with one attached hydrogen (secondary N) is 1. The molecule has 1 N–H and O–H groups in total. The number of anilines is 1. The van der Waals surface area contributed by atoms with Gasteiger partial charge in [0.2, 0.25) is 0 Å². The fourth-order valence-electron chi connectivity index (χ4n) is 2.51. The monoisotopic (exact) mass is 324 g/mol. The van der Waals surface area contributed by atoms with Crippen LogP contribution in [0.2, 0.25) is 0 Å². The van der Waals surface area contributed by atoms with Gasteiger partial charge in [0.05, 0.1) is 0 Å². The molecule has 1 aliphatic rings. The van der Waals surface area contributed by atoms with E-state index >= 15 is 0 Å². The van der Waals surface area contributed by atoms with Gasteiger partial charge in [-0.15, -0.1) is 0 Å². The molecule has 0 aromatic heterocycles. The molecule has 1 atom stereocenters. The summed E-state index contributed by atoms with van der Waals surface area (Å²) in [5.41, 5.74) is 2.90. The van der Waals surface area contributed by atoms with E-state index in [9.17, 15) is 0 Å². The maximum atomic E-state index is 3.62. The molecule has 1 aromatic rings. The van der Waals surface area contributed by atoms with Crippen molar-refractivity contribution in [1.29, 1.82) is 0 Å². The number of hydrogen-bond donors (Lipinski definition) is 1. The smallest absolute Gasteiger partial charge is 0.0369 e. The Morgan fingerprint density at radius 3 is 2.74 bits per heavy atom. The van der Waals surface area contributed by atoms with Gasteiger partial charge in [-0.2, -0.15) is 0 Å². The summed E-state index contributed by atoms with van der Waals surface area (Å²) in [4.78, 5) is 2.51. The zero-order chi connectivity index (χ0) is 14.0. The Kier molecular flexibility index (Phi) is 4.57. The predicted molar refractivity (Wildman–Crippen MR) is 87.0 cm³/mol. The van der Waals surface area contributed by atoms with Crippen LogP contribution in [0.5, 0.6) is 0 Å². The van der Waals surface area contributed by atoms with Gasteiger partial charge in [-0.1, -0.05) is 15.9 Å². The highest BCUT2D eigenvalue weighted by molar-refractivity contribution is 9.10. The number of benzene rings is 1. The molecule has 0 bridgehead atoms. The molecule has 2 rings (SSSR count). The molecule has 0 aliphatic carbocycles. The maximum absolute atomic E-state index is 3.62. The minimum Gasteiger partial charge on any atom is -0.371 e. The first-order valence-electron chi connectivity index (χ1n) is 7.11. The van der Waals surface area contributed by atoms with Crippen LogP contribution in [0.3, 0.4) is 0 Å². The minimum atomic E-state index is 0.224. The normalized spacial score (nSPS) is 20.1. The van der Waals surface area contributed by atoms with E-state index in [2.05, 4.69) is 72.0 Å². The maximum Gasteiger partial charge on any atom is 0.0369 e. The second-order valence-corrected chi connectivity index (χ2v) is 7.52. The summed E-state index contributed by atoms with van der Waals surface area (Å²) in [6.45, 7) is 12.3. The topological polar surface area (TPSA) is 15.3 Å². The van der Waals surface area contributed by atoms with Crippen LogP contribution in [-0.2, 0) is 0 Å². The van der Waals surface area contributed by atoms with Crippen molar-refractivity contribution in [1.82, 2.24) is 5.32 Å². The van der Waals surface area contributed by atoms with E-state index in [0.29, 0.717) is 0 Å². The van der Waals surface area contributed by atoms with Crippen molar-refractivity contribution in [2.45, 2.75) is 39.7 Å². The number of nitrogens with zero attached hydrogens (tertiary/aromatic N) is 1. The largest absolute Gasteiger partial charge is 0.371 e. The molecule has 2 nitrogen and oxygen atoms in total. The molecule has 0 amide bonds. The fourth-order valence-corrected chi connectivity index (χ4v) is 2.76. The van der Waals surface area contributed by atoms with Gasteiger partial charge in [0.1, 0.15) is 0 Å². The summed E-state index contributed by atoms with van der Waals surface area (Å²) >= 11 is 3.57. The van der Waals surface area contributed by atoms with Gasteiger partial charge in [0.15, 0.2) is 0 Å². The average molecular weight is 325 g/mol. The third kappa shape index (κ3) is 4.22. The number of rotatable bonds is 3. The Morgan fingerprint density at radius 1 is 1.37 bits per heavy atom. The molecule has 106 valence electrons. The van der Waals surface area contributed by atoms with E-state index in [4.69, 9.17) is 0 Å². The Balaban J connectivity index is 1.92. The Labute approximate surface area is 125 Å². The van der Waals surface area contributed by atoms with Crippen LogP contribution in [0.4, 0.5) is 5.69 Å². The second-order valence-electron chi connectivity index (χ2n) is 6.67. The summed E-state index contributed by atoms with van der Waals surface area (Å²) in [7, 11) is 0. The SMILES string of the molecule is Cc1cc(N2CCC(CNC(C)(C)C)C2)ccc1Br. The van der Waals surface area contributed by atoms with Crippen molar-refractivity contribution in [2.75, 3.05) is 24.5 Å². The van der Waals surface area contributed by atoms with Crippen LogP contribution >= 0.6 is 15.9 Å². The van der Waals surface area contributed by atoms with E-state index in [-0.39, 0.29) is 5.54 Å². The van der Waals surface area contributed by atoms with Crippen molar-refractivity contribution >= 4 is 21.6 Å². The molecule has 1 aliphatic heterocycles. The van der Waals surface area contributed by atoms with Crippen LogP contribution in [0, 0.1) is 12.8 Å². The van der Waals surface area contributed by atoms with Crippen molar-refractivity contribution in [3.05, 3.63) is 28.2 Å². The second kappa shape index (κ2) is 5.84. The molecular formula is C16H25BrN2. The third-order valence-corrected chi connectivity index (χ3v) is 4.60. The first-order chi connectivity index (χ1) is 8.85. The lowest BCUT2D eigenvalue weighted by Gasteiger charge is -2.24. The molecule has 1 unspecified atom stereocenters. The van der Waals surface area contributed by atoms with E-state index in [1.165, 1.54) is 35.2 Å². The van der Waals surface area contributed by atoms with Crippen molar-refractivity contribution in [2.24, 2.45) is 5.92 Å². The standard InChI is InChI=1S/C16H25BrN2/c1-12-9-14(5-6-15(12)17)19-8-7-13(11-19)10-18-16(2,3)4/h5-6,9,13,18H,7-8,10-11H2,1-4H3. The highest BCUT2D eigenvalue weighted by Crippen LogP contribution is 2.27. The van der Waals surface area contributed by atoms with Crippen molar-refractivity contribution < 1.29 is 0 Å². The molecule has 1 fully saturated rings. The van der Waals surface area contributed by atoms with E-state index in [1.807, 2.05) is 0 Å². The Bertz CT molecular complexity index is 437. The highest BCUT2D eigenvalue weighted by Gasteiger charge is 2.24. The molecule has 0 radical (unpaired) electrons. The van der Waals surface area contributed by atoms with Gasteiger partial charge in [-0.25, -0.2) is 0 Å². The van der Waals surface area contributed by atoms with Crippen LogP contribution < -0.4 is 10.2 Å². The molecule has 19 heavy (non-hydrogen) atoms. The van der Waals surface area contributed by atoms with Crippen LogP contribution in [-0.4, -0.2) is 25.2 Å². The van der Waals surface area contributed by atoms with Gasteiger partial charge in [-0.05, 0) is 63.8 Å². The van der Waals surface area contributed by atoms with Crippen LogP contribution in [0.15, 0.2) is 22.7 Å². The van der Waals surface area contributed by atoms with Crippen LogP contribution in [0.1, 0.15) is 32.8 Å². The lowest BCUT2D eigenvalue weighted by atomic mass is 10.1. The quantitative estimate of drug-likeness (QED) is 0.904. The average Bonchev–Trinajstić information content (AvgIpc) is 2.78. The van der Waals surface area contributed by atoms with E-state index < -0.39 is 0 Å². The van der Waals surface area contributed by atoms with Gasteiger partial charge in [0, 0.05) is 35.3 Å². The highest BCUT2D eigenvalue weighted by atomic mass is 79.9. The van der Waals surface area contributed by atoms with Gasteiger partial charge in [0.25, 0.3) is 0 Å². The summed E-state index contributed by atoms with van der Waals surface area (Å²) in [5, 5.41) is 3.62. The molecule has 0 saturated carbocycles. The summed E-state index contributed by atoms with van der Waals surface area (Å²) in [5.74, 6) is 0.767. The lowest BCUT2D eigenvalue weighted by Crippen LogP contribution is -2.39. The molecule has 1 saturated heterocycles. The fraction of sp³-hybridized carbons (Fsp3) is 0.625.